The van der Waals surface area contributed by atoms with Gasteiger partial charge in [-0.2, -0.15) is 0 Å². The molecule has 6 nitrogen and oxygen atoms in total. The number of hydrogen-bond acceptors (Lipinski definition) is 4. The second-order valence-electron chi connectivity index (χ2n) is 4.25. The van der Waals surface area contributed by atoms with Gasteiger partial charge in [-0.3, -0.25) is 4.79 Å². The summed E-state index contributed by atoms with van der Waals surface area (Å²) in [6.45, 7) is 1.86. The van der Waals surface area contributed by atoms with Gasteiger partial charge in [0.1, 0.15) is 6.04 Å². The maximum atomic E-state index is 12.2. The van der Waals surface area contributed by atoms with Crippen LogP contribution in [-0.4, -0.2) is 41.8 Å². The molecule has 0 saturated heterocycles. The predicted molar refractivity (Wildman–Crippen MR) is 66.4 cm³/mol. The summed E-state index contributed by atoms with van der Waals surface area (Å²) in [5.74, 6) is -0.279. The number of hydrogen-bond donors (Lipinski definition) is 1. The van der Waals surface area contributed by atoms with Gasteiger partial charge in [-0.1, -0.05) is 6.92 Å². The minimum atomic E-state index is -1.01. The molecule has 0 aliphatic carbocycles. The van der Waals surface area contributed by atoms with Crippen LogP contribution in [0.2, 0.25) is 0 Å². The molecule has 6 heteroatoms. The topological polar surface area (TPSA) is 76.1 Å². The summed E-state index contributed by atoms with van der Waals surface area (Å²) in [5.41, 5.74) is 0.381. The van der Waals surface area contributed by atoms with Crippen molar-refractivity contribution < 1.29 is 24.2 Å². The number of likely N-dealkylation sites (N-methyl/N-ethyl adjacent to an activating group) is 1. The summed E-state index contributed by atoms with van der Waals surface area (Å²) < 4.78 is 10.4. The molecule has 19 heavy (non-hydrogen) atoms. The lowest BCUT2D eigenvalue weighted by molar-refractivity contribution is -0.142. The number of aliphatic carboxylic acids is 1. The highest BCUT2D eigenvalue weighted by molar-refractivity contribution is 5.97. The highest BCUT2D eigenvalue weighted by atomic mass is 16.7. The molecule has 0 fully saturated rings. The zero-order valence-corrected chi connectivity index (χ0v) is 10.8. The highest BCUT2D eigenvalue weighted by Crippen LogP contribution is 2.32. The van der Waals surface area contributed by atoms with Crippen molar-refractivity contribution in [3.8, 4) is 11.5 Å². The molecule has 1 aliphatic rings. The molecule has 0 saturated carbocycles. The molecule has 0 aromatic heterocycles. The van der Waals surface area contributed by atoms with Gasteiger partial charge in [-0.15, -0.1) is 0 Å². The third-order valence-electron chi connectivity index (χ3n) is 3.08. The lowest BCUT2D eigenvalue weighted by Crippen LogP contribution is -2.41. The van der Waals surface area contributed by atoms with Crippen molar-refractivity contribution in [2.24, 2.45) is 0 Å². The number of benzene rings is 1. The van der Waals surface area contributed by atoms with Crippen molar-refractivity contribution in [3.63, 3.8) is 0 Å². The quantitative estimate of drug-likeness (QED) is 0.889. The van der Waals surface area contributed by atoms with Gasteiger partial charge >= 0.3 is 5.97 Å². The molecule has 1 aromatic rings. The molecule has 1 N–H and O–H groups in total. The minimum Gasteiger partial charge on any atom is -0.480 e. The Hall–Kier alpha value is -2.24. The Morgan fingerprint density at radius 1 is 1.37 bits per heavy atom. The number of carbonyl (C=O) groups excluding carboxylic acids is 1. The van der Waals surface area contributed by atoms with Crippen molar-refractivity contribution in [1.82, 2.24) is 4.90 Å². The van der Waals surface area contributed by atoms with Crippen molar-refractivity contribution >= 4 is 11.9 Å². The van der Waals surface area contributed by atoms with Crippen molar-refractivity contribution in [2.75, 3.05) is 13.8 Å². The van der Waals surface area contributed by atoms with Crippen LogP contribution in [0.5, 0.6) is 11.5 Å². The predicted octanol–water partition coefficient (Wildman–Crippen LogP) is 1.35. The maximum absolute atomic E-state index is 12.2. The smallest absolute Gasteiger partial charge is 0.326 e. The summed E-state index contributed by atoms with van der Waals surface area (Å²) >= 11 is 0. The number of ether oxygens (including phenoxy) is 2. The molecule has 0 spiro atoms. The van der Waals surface area contributed by atoms with E-state index in [1.165, 1.54) is 11.9 Å². The van der Waals surface area contributed by atoms with E-state index in [1.807, 2.05) is 0 Å². The second kappa shape index (κ2) is 5.17. The Bertz CT molecular complexity index is 514. The van der Waals surface area contributed by atoms with Crippen LogP contribution in [0.3, 0.4) is 0 Å². The molecule has 1 atom stereocenters. The van der Waals surface area contributed by atoms with E-state index in [0.29, 0.717) is 23.5 Å². The Balaban J connectivity index is 2.21. The van der Waals surface area contributed by atoms with Crippen molar-refractivity contribution in [1.29, 1.82) is 0 Å². The van der Waals surface area contributed by atoms with Gasteiger partial charge in [0, 0.05) is 12.6 Å². The molecular weight excluding hydrogens is 250 g/mol. The average molecular weight is 265 g/mol. The fourth-order valence-electron chi connectivity index (χ4n) is 1.99. The Kier molecular flexibility index (Phi) is 3.59. The summed E-state index contributed by atoms with van der Waals surface area (Å²) in [5, 5.41) is 9.06. The van der Waals surface area contributed by atoms with E-state index in [9.17, 15) is 9.59 Å². The van der Waals surface area contributed by atoms with Gasteiger partial charge in [0.05, 0.1) is 0 Å². The molecule has 1 unspecified atom stereocenters. The number of nitrogens with zero attached hydrogens (tertiary/aromatic N) is 1. The van der Waals surface area contributed by atoms with E-state index < -0.39 is 12.0 Å². The molecule has 1 aliphatic heterocycles. The van der Waals surface area contributed by atoms with Gasteiger partial charge in [0.25, 0.3) is 5.91 Å². The summed E-state index contributed by atoms with van der Waals surface area (Å²) in [7, 11) is 1.48. The van der Waals surface area contributed by atoms with Crippen LogP contribution in [0.1, 0.15) is 23.7 Å². The Morgan fingerprint density at radius 3 is 2.68 bits per heavy atom. The van der Waals surface area contributed by atoms with E-state index >= 15 is 0 Å². The SMILES string of the molecule is CCC(C(=O)O)N(C)C(=O)c1ccc2c(c1)OCO2. The van der Waals surface area contributed by atoms with E-state index in [1.54, 1.807) is 25.1 Å². The molecule has 1 aromatic carbocycles. The Morgan fingerprint density at radius 2 is 2.05 bits per heavy atom. The van der Waals surface area contributed by atoms with Crippen LogP contribution in [0.15, 0.2) is 18.2 Å². The third-order valence-corrected chi connectivity index (χ3v) is 3.08. The second-order valence-corrected chi connectivity index (χ2v) is 4.25. The number of rotatable bonds is 4. The number of carboxylic acids is 1. The fraction of sp³-hybridized carbons (Fsp3) is 0.385. The minimum absolute atomic E-state index is 0.134. The zero-order chi connectivity index (χ0) is 14.0. The number of amides is 1. The van der Waals surface area contributed by atoms with E-state index in [-0.39, 0.29) is 12.7 Å². The van der Waals surface area contributed by atoms with Crippen LogP contribution >= 0.6 is 0 Å². The molecule has 0 bridgehead atoms. The van der Waals surface area contributed by atoms with E-state index in [2.05, 4.69) is 0 Å². The summed E-state index contributed by atoms with van der Waals surface area (Å²) in [6, 6.07) is 3.97. The largest absolute Gasteiger partial charge is 0.480 e. The number of carbonyl (C=O) groups is 2. The number of carboxylic acid groups (broad SMARTS) is 1. The average Bonchev–Trinajstić information content (AvgIpc) is 2.85. The molecule has 1 heterocycles. The standard InChI is InChI=1S/C13H15NO5/c1-3-9(13(16)17)14(2)12(15)8-4-5-10-11(6-8)19-7-18-10/h4-6,9H,3,7H2,1-2H3,(H,16,17). The maximum Gasteiger partial charge on any atom is 0.326 e. The van der Waals surface area contributed by atoms with Crippen LogP contribution < -0.4 is 9.47 Å². The first-order chi connectivity index (χ1) is 9.04. The lowest BCUT2D eigenvalue weighted by atomic mass is 10.1. The highest BCUT2D eigenvalue weighted by Gasteiger charge is 2.26. The van der Waals surface area contributed by atoms with E-state index in [4.69, 9.17) is 14.6 Å². The van der Waals surface area contributed by atoms with Crippen molar-refractivity contribution in [3.05, 3.63) is 23.8 Å². The first-order valence-corrected chi connectivity index (χ1v) is 5.94. The molecule has 1 amide bonds. The van der Waals surface area contributed by atoms with E-state index in [0.717, 1.165) is 0 Å². The van der Waals surface area contributed by atoms with Gasteiger partial charge < -0.3 is 19.5 Å². The zero-order valence-electron chi connectivity index (χ0n) is 10.8. The van der Waals surface area contributed by atoms with Gasteiger partial charge in [0.2, 0.25) is 6.79 Å². The Labute approximate surface area is 110 Å². The first kappa shape index (κ1) is 13.2. The monoisotopic (exact) mass is 265 g/mol. The lowest BCUT2D eigenvalue weighted by Gasteiger charge is -2.23. The molecular formula is C13H15NO5. The van der Waals surface area contributed by atoms with Gasteiger partial charge in [-0.05, 0) is 24.6 Å². The van der Waals surface area contributed by atoms with Gasteiger partial charge in [-0.25, -0.2) is 4.79 Å². The summed E-state index contributed by atoms with van der Waals surface area (Å²) in [6.07, 6.45) is 0.349. The van der Waals surface area contributed by atoms with Crippen LogP contribution in [0.25, 0.3) is 0 Å². The van der Waals surface area contributed by atoms with Crippen LogP contribution in [-0.2, 0) is 4.79 Å². The third kappa shape index (κ3) is 2.47. The number of fused-ring (bicyclic) bond motifs is 1. The molecule has 0 radical (unpaired) electrons. The van der Waals surface area contributed by atoms with Crippen LogP contribution in [0.4, 0.5) is 0 Å². The van der Waals surface area contributed by atoms with Gasteiger partial charge in [0.15, 0.2) is 11.5 Å². The molecule has 2 rings (SSSR count). The summed E-state index contributed by atoms with van der Waals surface area (Å²) in [4.78, 5) is 24.5. The first-order valence-electron chi connectivity index (χ1n) is 5.94. The fourth-order valence-corrected chi connectivity index (χ4v) is 1.99. The molecule has 102 valence electrons. The van der Waals surface area contributed by atoms with Crippen molar-refractivity contribution in [2.45, 2.75) is 19.4 Å². The normalized spacial score (nSPS) is 14.0. The van der Waals surface area contributed by atoms with Crippen LogP contribution in [0, 0.1) is 0 Å².